The number of nitrogens with zero attached hydrogens (tertiary/aromatic N) is 1. The van der Waals surface area contributed by atoms with E-state index in [0.717, 1.165) is 0 Å². The summed E-state index contributed by atoms with van der Waals surface area (Å²) in [6.07, 6.45) is 2.84. The molecule has 0 saturated carbocycles. The molecular formula is C19H19FN2O4. The van der Waals surface area contributed by atoms with Crippen molar-refractivity contribution in [2.75, 3.05) is 13.7 Å². The Morgan fingerprint density at radius 3 is 2.50 bits per heavy atom. The molecule has 136 valence electrons. The van der Waals surface area contributed by atoms with Gasteiger partial charge in [0.05, 0.1) is 11.5 Å². The Labute approximate surface area is 150 Å². The molecule has 0 aliphatic heterocycles. The van der Waals surface area contributed by atoms with Crippen molar-refractivity contribution in [3.05, 3.63) is 81.7 Å². The molecule has 1 N–H and O–H groups in total. The number of nitro benzene ring substituents is 1. The first-order valence-corrected chi connectivity index (χ1v) is 7.86. The number of carbonyl (C=O) groups is 1. The van der Waals surface area contributed by atoms with Crippen molar-refractivity contribution in [3.63, 3.8) is 0 Å². The molecule has 1 amide bonds. The summed E-state index contributed by atoms with van der Waals surface area (Å²) in [5.41, 5.74) is -0.0359. The number of amides is 1. The largest absolute Gasteiger partial charge is 0.372 e. The van der Waals surface area contributed by atoms with Gasteiger partial charge in [0.25, 0.3) is 5.69 Å². The second kappa shape index (κ2) is 8.35. The summed E-state index contributed by atoms with van der Waals surface area (Å²) in [6.45, 7) is 1.76. The number of rotatable bonds is 7. The van der Waals surface area contributed by atoms with Gasteiger partial charge < -0.3 is 10.1 Å². The van der Waals surface area contributed by atoms with E-state index in [-0.39, 0.29) is 18.1 Å². The highest BCUT2D eigenvalue weighted by Crippen LogP contribution is 2.26. The first-order chi connectivity index (χ1) is 12.4. The maximum absolute atomic E-state index is 14.0. The van der Waals surface area contributed by atoms with Crippen molar-refractivity contribution < 1.29 is 18.8 Å². The van der Waals surface area contributed by atoms with E-state index >= 15 is 0 Å². The van der Waals surface area contributed by atoms with E-state index < -0.39 is 16.3 Å². The number of nitrogens with one attached hydrogen (secondary N) is 1. The number of benzene rings is 2. The number of ether oxygens (including phenoxy) is 1. The third kappa shape index (κ3) is 4.73. The maximum Gasteiger partial charge on any atom is 0.269 e. The van der Waals surface area contributed by atoms with E-state index in [1.807, 2.05) is 0 Å². The normalized spacial score (nSPS) is 13.3. The number of non-ortho nitro benzene ring substituents is 1. The Balaban J connectivity index is 2.00. The van der Waals surface area contributed by atoms with Crippen LogP contribution in [0.25, 0.3) is 6.08 Å². The molecule has 0 saturated heterocycles. The summed E-state index contributed by atoms with van der Waals surface area (Å²) in [6, 6.07) is 12.0. The van der Waals surface area contributed by atoms with Crippen molar-refractivity contribution in [3.8, 4) is 0 Å². The molecule has 2 rings (SSSR count). The van der Waals surface area contributed by atoms with E-state index in [9.17, 15) is 19.3 Å². The van der Waals surface area contributed by atoms with Gasteiger partial charge in [-0.05, 0) is 36.8 Å². The molecular weight excluding hydrogens is 339 g/mol. The van der Waals surface area contributed by atoms with E-state index in [0.29, 0.717) is 11.1 Å². The van der Waals surface area contributed by atoms with Crippen LogP contribution in [0.5, 0.6) is 0 Å². The summed E-state index contributed by atoms with van der Waals surface area (Å²) in [5, 5.41) is 13.3. The number of nitro groups is 1. The fourth-order valence-electron chi connectivity index (χ4n) is 2.36. The third-order valence-corrected chi connectivity index (χ3v) is 4.03. The molecule has 0 heterocycles. The molecule has 0 aliphatic rings. The highest BCUT2D eigenvalue weighted by molar-refractivity contribution is 5.91. The van der Waals surface area contributed by atoms with Crippen LogP contribution in [-0.2, 0) is 15.1 Å². The average molecular weight is 358 g/mol. The van der Waals surface area contributed by atoms with Crippen LogP contribution in [0.15, 0.2) is 54.6 Å². The van der Waals surface area contributed by atoms with Crippen molar-refractivity contribution in [1.82, 2.24) is 5.32 Å². The number of carbonyl (C=O) groups excluding carboxylic acids is 1. The van der Waals surface area contributed by atoms with Gasteiger partial charge in [-0.25, -0.2) is 4.39 Å². The van der Waals surface area contributed by atoms with Crippen LogP contribution >= 0.6 is 0 Å². The molecule has 0 fully saturated rings. The smallest absolute Gasteiger partial charge is 0.269 e. The number of halogens is 1. The second-order valence-corrected chi connectivity index (χ2v) is 5.81. The Kier molecular flexibility index (Phi) is 6.19. The van der Waals surface area contributed by atoms with Crippen molar-refractivity contribution in [1.29, 1.82) is 0 Å². The fourth-order valence-corrected chi connectivity index (χ4v) is 2.36. The second-order valence-electron chi connectivity index (χ2n) is 5.81. The molecule has 6 nitrogen and oxygen atoms in total. The van der Waals surface area contributed by atoms with Crippen LogP contribution in [0.1, 0.15) is 18.1 Å². The van der Waals surface area contributed by atoms with Crippen LogP contribution in [0.2, 0.25) is 0 Å². The predicted octanol–water partition coefficient (Wildman–Crippen LogP) is 3.43. The number of methoxy groups -OCH3 is 1. The van der Waals surface area contributed by atoms with Gasteiger partial charge in [-0.1, -0.05) is 18.2 Å². The average Bonchev–Trinajstić information content (AvgIpc) is 2.65. The first-order valence-electron chi connectivity index (χ1n) is 7.86. The molecule has 0 aromatic heterocycles. The Morgan fingerprint density at radius 1 is 1.27 bits per heavy atom. The lowest BCUT2D eigenvalue weighted by atomic mass is 9.95. The standard InChI is InChI=1S/C19H19FN2O4/c1-19(26-2,16-5-3-4-6-17(16)20)13-21-18(23)12-9-14-7-10-15(11-8-14)22(24)25/h3-12H,13H2,1-2H3,(H,21,23)/b12-9+. The van der Waals surface area contributed by atoms with Crippen LogP contribution in [0, 0.1) is 15.9 Å². The molecule has 1 atom stereocenters. The zero-order valence-electron chi connectivity index (χ0n) is 14.4. The monoisotopic (exact) mass is 358 g/mol. The lowest BCUT2D eigenvalue weighted by Gasteiger charge is -2.29. The summed E-state index contributed by atoms with van der Waals surface area (Å²) >= 11 is 0. The number of hydrogen-bond acceptors (Lipinski definition) is 4. The van der Waals surface area contributed by atoms with E-state index in [2.05, 4.69) is 5.32 Å². The molecule has 0 bridgehead atoms. The van der Waals surface area contributed by atoms with Crippen LogP contribution in [0.4, 0.5) is 10.1 Å². The molecule has 2 aromatic rings. The summed E-state index contributed by atoms with van der Waals surface area (Å²) in [4.78, 5) is 22.1. The molecule has 26 heavy (non-hydrogen) atoms. The van der Waals surface area contributed by atoms with Crippen LogP contribution in [-0.4, -0.2) is 24.5 Å². The van der Waals surface area contributed by atoms with Gasteiger partial charge in [0, 0.05) is 30.9 Å². The molecule has 0 spiro atoms. The lowest BCUT2D eigenvalue weighted by molar-refractivity contribution is -0.384. The van der Waals surface area contributed by atoms with Crippen molar-refractivity contribution in [2.45, 2.75) is 12.5 Å². The van der Waals surface area contributed by atoms with Gasteiger partial charge in [-0.15, -0.1) is 0 Å². The van der Waals surface area contributed by atoms with Crippen molar-refractivity contribution >= 4 is 17.7 Å². The van der Waals surface area contributed by atoms with Gasteiger partial charge in [-0.2, -0.15) is 0 Å². The van der Waals surface area contributed by atoms with E-state index in [1.54, 1.807) is 37.3 Å². The van der Waals surface area contributed by atoms with Gasteiger partial charge in [-0.3, -0.25) is 14.9 Å². The fraction of sp³-hybridized carbons (Fsp3) is 0.211. The van der Waals surface area contributed by atoms with E-state index in [4.69, 9.17) is 4.74 Å². The summed E-state index contributed by atoms with van der Waals surface area (Å²) in [5.74, 6) is -0.796. The van der Waals surface area contributed by atoms with Crippen LogP contribution in [0.3, 0.4) is 0 Å². The van der Waals surface area contributed by atoms with E-state index in [1.165, 1.54) is 37.5 Å². The Hall–Kier alpha value is -3.06. The minimum absolute atomic E-state index is 0.0210. The minimum atomic E-state index is -1.01. The Morgan fingerprint density at radius 2 is 1.92 bits per heavy atom. The van der Waals surface area contributed by atoms with Crippen LogP contribution < -0.4 is 5.32 Å². The van der Waals surface area contributed by atoms with Gasteiger partial charge in [0.1, 0.15) is 11.4 Å². The van der Waals surface area contributed by atoms with Gasteiger partial charge >= 0.3 is 0 Å². The molecule has 2 aromatic carbocycles. The quantitative estimate of drug-likeness (QED) is 0.467. The highest BCUT2D eigenvalue weighted by Gasteiger charge is 2.29. The highest BCUT2D eigenvalue weighted by atomic mass is 19.1. The summed E-state index contributed by atoms with van der Waals surface area (Å²) < 4.78 is 19.4. The maximum atomic E-state index is 14.0. The molecule has 1 unspecified atom stereocenters. The zero-order chi connectivity index (χ0) is 19.2. The zero-order valence-corrected chi connectivity index (χ0v) is 14.4. The predicted molar refractivity (Wildman–Crippen MR) is 95.9 cm³/mol. The topological polar surface area (TPSA) is 81.5 Å². The first kappa shape index (κ1) is 19.3. The lowest BCUT2D eigenvalue weighted by Crippen LogP contribution is -2.40. The summed E-state index contributed by atoms with van der Waals surface area (Å²) in [7, 11) is 1.45. The Bertz CT molecular complexity index is 821. The molecule has 0 aliphatic carbocycles. The number of hydrogen-bond donors (Lipinski definition) is 1. The third-order valence-electron chi connectivity index (χ3n) is 4.03. The SMILES string of the molecule is COC(C)(CNC(=O)/C=C/c1ccc([N+](=O)[O-])cc1)c1ccccc1F. The van der Waals surface area contributed by atoms with Gasteiger partial charge in [0.15, 0.2) is 0 Å². The molecule has 0 radical (unpaired) electrons. The van der Waals surface area contributed by atoms with Gasteiger partial charge in [0.2, 0.25) is 5.91 Å². The van der Waals surface area contributed by atoms with Crippen molar-refractivity contribution in [2.24, 2.45) is 0 Å². The molecule has 7 heteroatoms. The minimum Gasteiger partial charge on any atom is -0.372 e.